The monoisotopic (exact) mass is 155 g/mol. The summed E-state index contributed by atoms with van der Waals surface area (Å²) < 4.78 is 0. The first-order chi connectivity index (χ1) is 4.58. The van der Waals surface area contributed by atoms with Gasteiger partial charge in [-0.1, -0.05) is 0 Å². The Labute approximate surface area is 65.9 Å². The smallest absolute Gasteiger partial charge is 0.0138 e. The lowest BCUT2D eigenvalue weighted by atomic mass is 9.98. The molecule has 1 aromatic rings. The molecule has 0 fully saturated rings. The minimum Gasteiger partial charge on any atom is -0.325 e. The Hall–Kier alpha value is -0.340. The molecule has 56 valence electrons. The van der Waals surface area contributed by atoms with Crippen molar-refractivity contribution < 1.29 is 0 Å². The van der Waals surface area contributed by atoms with E-state index in [1.807, 2.05) is 13.8 Å². The van der Waals surface area contributed by atoms with Gasteiger partial charge in [-0.2, -0.15) is 11.3 Å². The molecule has 0 saturated heterocycles. The van der Waals surface area contributed by atoms with Gasteiger partial charge in [0.05, 0.1) is 0 Å². The van der Waals surface area contributed by atoms with Gasteiger partial charge in [0.2, 0.25) is 0 Å². The zero-order valence-corrected chi connectivity index (χ0v) is 7.24. The molecule has 0 aliphatic rings. The van der Waals surface area contributed by atoms with E-state index >= 15 is 0 Å². The predicted molar refractivity (Wildman–Crippen MR) is 46.3 cm³/mol. The SMILES string of the molecule is CC(C)(N)Cc1ccsc1. The molecule has 0 spiro atoms. The molecule has 0 aliphatic heterocycles. The van der Waals surface area contributed by atoms with E-state index in [1.165, 1.54) is 5.56 Å². The fraction of sp³-hybridized carbons (Fsp3) is 0.500. The van der Waals surface area contributed by atoms with Gasteiger partial charge in [-0.05, 0) is 42.7 Å². The van der Waals surface area contributed by atoms with Crippen LogP contribution >= 0.6 is 11.3 Å². The van der Waals surface area contributed by atoms with Crippen LogP contribution in [-0.4, -0.2) is 5.54 Å². The van der Waals surface area contributed by atoms with E-state index in [0.29, 0.717) is 0 Å². The Morgan fingerprint density at radius 1 is 1.60 bits per heavy atom. The largest absolute Gasteiger partial charge is 0.325 e. The molecule has 0 aliphatic carbocycles. The number of rotatable bonds is 2. The van der Waals surface area contributed by atoms with E-state index in [9.17, 15) is 0 Å². The Bertz CT molecular complexity index is 184. The maximum Gasteiger partial charge on any atom is 0.0138 e. The van der Waals surface area contributed by atoms with E-state index in [-0.39, 0.29) is 5.54 Å². The molecular weight excluding hydrogens is 142 g/mol. The first kappa shape index (κ1) is 7.76. The predicted octanol–water partition coefficient (Wildman–Crippen LogP) is 2.03. The van der Waals surface area contributed by atoms with Crippen molar-refractivity contribution in [3.8, 4) is 0 Å². The van der Waals surface area contributed by atoms with Crippen LogP contribution in [0.25, 0.3) is 0 Å². The highest BCUT2D eigenvalue weighted by Gasteiger charge is 2.10. The summed E-state index contributed by atoms with van der Waals surface area (Å²) in [6, 6.07) is 2.12. The summed E-state index contributed by atoms with van der Waals surface area (Å²) in [5.41, 5.74) is 7.11. The van der Waals surface area contributed by atoms with Crippen molar-refractivity contribution in [2.75, 3.05) is 0 Å². The molecule has 0 atom stereocenters. The van der Waals surface area contributed by atoms with Crippen LogP contribution in [-0.2, 0) is 6.42 Å². The van der Waals surface area contributed by atoms with Crippen molar-refractivity contribution in [2.24, 2.45) is 5.73 Å². The maximum atomic E-state index is 5.83. The van der Waals surface area contributed by atoms with E-state index in [1.54, 1.807) is 11.3 Å². The van der Waals surface area contributed by atoms with E-state index < -0.39 is 0 Å². The summed E-state index contributed by atoms with van der Waals surface area (Å²) in [5, 5.41) is 4.23. The van der Waals surface area contributed by atoms with Gasteiger partial charge in [0.25, 0.3) is 0 Å². The third kappa shape index (κ3) is 2.50. The Kier molecular flexibility index (Phi) is 2.11. The third-order valence-electron chi connectivity index (χ3n) is 1.24. The summed E-state index contributed by atoms with van der Waals surface area (Å²) in [4.78, 5) is 0. The van der Waals surface area contributed by atoms with Crippen LogP contribution in [0.1, 0.15) is 19.4 Å². The van der Waals surface area contributed by atoms with E-state index in [4.69, 9.17) is 5.73 Å². The molecule has 0 bridgehead atoms. The second kappa shape index (κ2) is 2.72. The summed E-state index contributed by atoms with van der Waals surface area (Å²) in [5.74, 6) is 0. The average molecular weight is 155 g/mol. The Morgan fingerprint density at radius 3 is 2.70 bits per heavy atom. The van der Waals surface area contributed by atoms with Crippen LogP contribution in [0.2, 0.25) is 0 Å². The Morgan fingerprint density at radius 2 is 2.30 bits per heavy atom. The Balaban J connectivity index is 2.57. The molecule has 10 heavy (non-hydrogen) atoms. The van der Waals surface area contributed by atoms with E-state index in [2.05, 4.69) is 16.8 Å². The lowest BCUT2D eigenvalue weighted by molar-refractivity contribution is 0.517. The van der Waals surface area contributed by atoms with Crippen molar-refractivity contribution in [3.63, 3.8) is 0 Å². The molecular formula is C8H13NS. The molecule has 0 saturated carbocycles. The highest BCUT2D eigenvalue weighted by molar-refractivity contribution is 7.07. The number of hydrogen-bond donors (Lipinski definition) is 1. The second-order valence-corrected chi connectivity index (χ2v) is 4.08. The van der Waals surface area contributed by atoms with Crippen LogP contribution < -0.4 is 5.73 Å². The van der Waals surface area contributed by atoms with Crippen molar-refractivity contribution in [1.29, 1.82) is 0 Å². The quantitative estimate of drug-likeness (QED) is 0.694. The number of nitrogens with two attached hydrogens (primary N) is 1. The lowest BCUT2D eigenvalue weighted by Gasteiger charge is -2.16. The molecule has 0 unspecified atom stereocenters. The molecule has 0 amide bonds. The second-order valence-electron chi connectivity index (χ2n) is 3.30. The highest BCUT2D eigenvalue weighted by atomic mass is 32.1. The summed E-state index contributed by atoms with van der Waals surface area (Å²) in [6.07, 6.45) is 0.969. The van der Waals surface area contributed by atoms with Gasteiger partial charge in [-0.3, -0.25) is 0 Å². The summed E-state index contributed by atoms with van der Waals surface area (Å²) in [7, 11) is 0. The molecule has 0 aromatic carbocycles. The van der Waals surface area contributed by atoms with Crippen molar-refractivity contribution in [3.05, 3.63) is 22.4 Å². The van der Waals surface area contributed by atoms with Gasteiger partial charge in [0.1, 0.15) is 0 Å². The summed E-state index contributed by atoms with van der Waals surface area (Å²) >= 11 is 1.72. The molecule has 1 heterocycles. The van der Waals surface area contributed by atoms with Gasteiger partial charge in [0.15, 0.2) is 0 Å². The van der Waals surface area contributed by atoms with Gasteiger partial charge < -0.3 is 5.73 Å². The van der Waals surface area contributed by atoms with Crippen molar-refractivity contribution in [1.82, 2.24) is 0 Å². The minimum absolute atomic E-state index is 0.0684. The summed E-state index contributed by atoms with van der Waals surface area (Å²) in [6.45, 7) is 4.09. The normalized spacial score (nSPS) is 11.9. The first-order valence-electron chi connectivity index (χ1n) is 3.38. The average Bonchev–Trinajstić information content (AvgIpc) is 2.12. The fourth-order valence-electron chi connectivity index (χ4n) is 0.919. The lowest BCUT2D eigenvalue weighted by Crippen LogP contribution is -2.34. The number of hydrogen-bond acceptors (Lipinski definition) is 2. The maximum absolute atomic E-state index is 5.83. The van der Waals surface area contributed by atoms with Crippen LogP contribution in [0.4, 0.5) is 0 Å². The first-order valence-corrected chi connectivity index (χ1v) is 4.32. The van der Waals surface area contributed by atoms with Crippen LogP contribution in [0.15, 0.2) is 16.8 Å². The highest BCUT2D eigenvalue weighted by Crippen LogP contribution is 2.12. The fourth-order valence-corrected chi connectivity index (χ4v) is 1.59. The standard InChI is InChI=1S/C8H13NS/c1-8(2,9)5-7-3-4-10-6-7/h3-4,6H,5,9H2,1-2H3. The van der Waals surface area contributed by atoms with Crippen LogP contribution in [0.3, 0.4) is 0 Å². The third-order valence-corrected chi connectivity index (χ3v) is 1.97. The number of thiophene rings is 1. The minimum atomic E-state index is -0.0684. The molecule has 2 N–H and O–H groups in total. The topological polar surface area (TPSA) is 26.0 Å². The van der Waals surface area contributed by atoms with Crippen LogP contribution in [0, 0.1) is 0 Å². The molecule has 1 aromatic heterocycles. The molecule has 2 heteroatoms. The van der Waals surface area contributed by atoms with Gasteiger partial charge in [-0.15, -0.1) is 0 Å². The van der Waals surface area contributed by atoms with Crippen molar-refractivity contribution in [2.45, 2.75) is 25.8 Å². The zero-order valence-electron chi connectivity index (χ0n) is 6.42. The van der Waals surface area contributed by atoms with Crippen molar-refractivity contribution >= 4 is 11.3 Å². The molecule has 0 radical (unpaired) electrons. The van der Waals surface area contributed by atoms with E-state index in [0.717, 1.165) is 6.42 Å². The van der Waals surface area contributed by atoms with Crippen LogP contribution in [0.5, 0.6) is 0 Å². The molecule has 1 nitrogen and oxygen atoms in total. The molecule has 1 rings (SSSR count). The van der Waals surface area contributed by atoms with Gasteiger partial charge in [-0.25, -0.2) is 0 Å². The zero-order chi connectivity index (χ0) is 7.61. The van der Waals surface area contributed by atoms with Gasteiger partial charge >= 0.3 is 0 Å². The van der Waals surface area contributed by atoms with Gasteiger partial charge in [0, 0.05) is 5.54 Å².